The molecule has 1 heterocycles. The number of halogens is 1. The number of nitrogens with one attached hydrogen (secondary N) is 1. The molecule has 1 aliphatic rings. The number of ether oxygens (including phenoxy) is 1. The average Bonchev–Trinajstić information content (AvgIpc) is 3.03. The summed E-state index contributed by atoms with van der Waals surface area (Å²) in [5.74, 6) is -0.463. The Morgan fingerprint density at radius 3 is 2.61 bits per heavy atom. The summed E-state index contributed by atoms with van der Waals surface area (Å²) in [6, 6.07) is 14.3. The third-order valence-electron chi connectivity index (χ3n) is 3.89. The van der Waals surface area contributed by atoms with Crippen molar-refractivity contribution in [1.29, 1.82) is 0 Å². The lowest BCUT2D eigenvalue weighted by Gasteiger charge is -2.06. The lowest BCUT2D eigenvalue weighted by Crippen LogP contribution is -2.25. The second-order valence-electron chi connectivity index (χ2n) is 5.92. The monoisotopic (exact) mass is 415 g/mol. The summed E-state index contributed by atoms with van der Waals surface area (Å²) in [5, 5.41) is 11.6. The van der Waals surface area contributed by atoms with Crippen molar-refractivity contribution in [2.75, 3.05) is 6.61 Å². The number of benzene rings is 2. The highest BCUT2D eigenvalue weighted by Gasteiger charge is 2.30. The van der Waals surface area contributed by atoms with E-state index >= 15 is 0 Å². The number of amides is 1. The number of hydrogen-bond donors (Lipinski definition) is 1. The highest BCUT2D eigenvalue weighted by atomic mass is 35.5. The summed E-state index contributed by atoms with van der Waals surface area (Å²) in [7, 11) is 0. The Labute approximate surface area is 172 Å². The largest absolute Gasteiger partial charge is 0.462 e. The number of amidine groups is 1. The SMILES string of the molecule is CCOC(=O)c1ccc(CC2S/C(=N/N=Cc3ccc(Cl)cc3)NC2=O)cc1. The zero-order valence-electron chi connectivity index (χ0n) is 15.1. The molecule has 0 aliphatic carbocycles. The van der Waals surface area contributed by atoms with E-state index in [1.54, 1.807) is 37.4 Å². The molecule has 1 fully saturated rings. The van der Waals surface area contributed by atoms with Crippen molar-refractivity contribution in [3.63, 3.8) is 0 Å². The summed E-state index contributed by atoms with van der Waals surface area (Å²) in [4.78, 5) is 23.9. The molecule has 1 saturated heterocycles. The standard InChI is InChI=1S/C20H18ClN3O3S/c1-2-27-19(26)15-7-3-13(4-8-15)11-17-18(25)23-20(28-17)24-22-12-14-5-9-16(21)10-6-14/h3-10,12,17H,2,11H2,1H3,(H,23,24,25). The van der Waals surface area contributed by atoms with Crippen LogP contribution in [-0.4, -0.2) is 35.1 Å². The van der Waals surface area contributed by atoms with Crippen molar-refractivity contribution in [1.82, 2.24) is 5.32 Å². The van der Waals surface area contributed by atoms with E-state index in [1.165, 1.54) is 11.8 Å². The van der Waals surface area contributed by atoms with Gasteiger partial charge >= 0.3 is 5.97 Å². The van der Waals surface area contributed by atoms with Crippen molar-refractivity contribution in [2.45, 2.75) is 18.6 Å². The minimum absolute atomic E-state index is 0.111. The predicted octanol–water partition coefficient (Wildman–Crippen LogP) is 3.68. The molecule has 0 saturated carbocycles. The molecule has 0 spiro atoms. The maximum atomic E-state index is 12.2. The van der Waals surface area contributed by atoms with Crippen molar-refractivity contribution < 1.29 is 14.3 Å². The molecule has 1 amide bonds. The summed E-state index contributed by atoms with van der Waals surface area (Å²) in [6.45, 7) is 2.10. The molecule has 28 heavy (non-hydrogen) atoms. The first-order chi connectivity index (χ1) is 13.5. The number of carbonyl (C=O) groups excluding carboxylic acids is 2. The Kier molecular flexibility index (Phi) is 6.84. The third-order valence-corrected chi connectivity index (χ3v) is 5.21. The lowest BCUT2D eigenvalue weighted by molar-refractivity contribution is -0.118. The van der Waals surface area contributed by atoms with Crippen LogP contribution >= 0.6 is 23.4 Å². The minimum Gasteiger partial charge on any atom is -0.462 e. The van der Waals surface area contributed by atoms with Crippen molar-refractivity contribution in [3.8, 4) is 0 Å². The quantitative estimate of drug-likeness (QED) is 0.443. The highest BCUT2D eigenvalue weighted by molar-refractivity contribution is 8.15. The van der Waals surface area contributed by atoms with Gasteiger partial charge in [0.05, 0.1) is 23.6 Å². The van der Waals surface area contributed by atoms with Crippen LogP contribution in [0.15, 0.2) is 58.7 Å². The fourth-order valence-electron chi connectivity index (χ4n) is 2.49. The molecular weight excluding hydrogens is 398 g/mol. The number of nitrogens with zero attached hydrogens (tertiary/aromatic N) is 2. The Balaban J connectivity index is 1.58. The van der Waals surface area contributed by atoms with Gasteiger partial charge in [0.2, 0.25) is 5.91 Å². The van der Waals surface area contributed by atoms with E-state index in [1.807, 2.05) is 24.3 Å². The van der Waals surface area contributed by atoms with E-state index in [0.29, 0.717) is 28.8 Å². The van der Waals surface area contributed by atoms with Gasteiger partial charge in [-0.25, -0.2) is 4.79 Å². The maximum Gasteiger partial charge on any atom is 0.338 e. The van der Waals surface area contributed by atoms with Crippen LogP contribution in [0.2, 0.25) is 5.02 Å². The fourth-order valence-corrected chi connectivity index (χ4v) is 3.58. The second kappa shape index (κ2) is 9.52. The van der Waals surface area contributed by atoms with E-state index in [9.17, 15) is 9.59 Å². The van der Waals surface area contributed by atoms with E-state index < -0.39 is 0 Å². The molecular formula is C20H18ClN3O3S. The molecule has 8 heteroatoms. The van der Waals surface area contributed by atoms with E-state index in [2.05, 4.69) is 15.5 Å². The number of rotatable bonds is 6. The topological polar surface area (TPSA) is 80.1 Å². The molecule has 144 valence electrons. The number of carbonyl (C=O) groups is 2. The first kappa shape index (κ1) is 20.1. The summed E-state index contributed by atoms with van der Waals surface area (Å²) in [5.41, 5.74) is 2.31. The second-order valence-corrected chi connectivity index (χ2v) is 7.55. The van der Waals surface area contributed by atoms with Crippen LogP contribution in [0.1, 0.15) is 28.4 Å². The third kappa shape index (κ3) is 5.43. The van der Waals surface area contributed by atoms with Crippen LogP contribution in [0, 0.1) is 0 Å². The van der Waals surface area contributed by atoms with Gasteiger partial charge in [-0.05, 0) is 48.7 Å². The van der Waals surface area contributed by atoms with Crippen LogP contribution in [0.4, 0.5) is 0 Å². The predicted molar refractivity (Wildman–Crippen MR) is 112 cm³/mol. The summed E-state index contributed by atoms with van der Waals surface area (Å²) in [6.07, 6.45) is 2.12. The highest BCUT2D eigenvalue weighted by Crippen LogP contribution is 2.23. The summed E-state index contributed by atoms with van der Waals surface area (Å²) < 4.78 is 4.96. The smallest absolute Gasteiger partial charge is 0.338 e. The number of hydrogen-bond acceptors (Lipinski definition) is 6. The first-order valence-electron chi connectivity index (χ1n) is 8.65. The molecule has 1 N–H and O–H groups in total. The Morgan fingerprint density at radius 2 is 1.93 bits per heavy atom. The molecule has 3 rings (SSSR count). The molecule has 0 bridgehead atoms. The molecule has 6 nitrogen and oxygen atoms in total. The molecule has 2 aromatic rings. The lowest BCUT2D eigenvalue weighted by atomic mass is 10.1. The Bertz CT molecular complexity index is 911. The van der Waals surface area contributed by atoms with E-state index in [-0.39, 0.29) is 17.1 Å². The number of esters is 1. The Hall–Kier alpha value is -2.64. The molecule has 0 aromatic heterocycles. The van der Waals surface area contributed by atoms with Crippen molar-refractivity contribution in [2.24, 2.45) is 10.2 Å². The van der Waals surface area contributed by atoms with Gasteiger partial charge in [0, 0.05) is 5.02 Å². The van der Waals surface area contributed by atoms with Crippen molar-refractivity contribution >= 4 is 46.6 Å². The van der Waals surface area contributed by atoms with Crippen LogP contribution < -0.4 is 5.32 Å². The average molecular weight is 416 g/mol. The Morgan fingerprint density at radius 1 is 1.21 bits per heavy atom. The van der Waals surface area contributed by atoms with Gasteiger partial charge in [-0.2, -0.15) is 5.10 Å². The van der Waals surface area contributed by atoms with E-state index in [0.717, 1.165) is 11.1 Å². The zero-order valence-corrected chi connectivity index (χ0v) is 16.7. The van der Waals surface area contributed by atoms with Crippen LogP contribution in [0.5, 0.6) is 0 Å². The van der Waals surface area contributed by atoms with Crippen molar-refractivity contribution in [3.05, 3.63) is 70.2 Å². The van der Waals surface area contributed by atoms with Crippen LogP contribution in [0.25, 0.3) is 0 Å². The summed E-state index contributed by atoms with van der Waals surface area (Å²) >= 11 is 7.17. The van der Waals surface area contributed by atoms with Gasteiger partial charge in [0.25, 0.3) is 0 Å². The van der Waals surface area contributed by atoms with Gasteiger partial charge in [-0.3, -0.25) is 4.79 Å². The van der Waals surface area contributed by atoms with Gasteiger partial charge in [-0.15, -0.1) is 5.10 Å². The molecule has 0 radical (unpaired) electrons. The number of thioether (sulfide) groups is 1. The van der Waals surface area contributed by atoms with Gasteiger partial charge in [0.1, 0.15) is 0 Å². The molecule has 1 unspecified atom stereocenters. The molecule has 1 atom stereocenters. The molecule has 2 aromatic carbocycles. The maximum absolute atomic E-state index is 12.2. The van der Waals surface area contributed by atoms with Gasteiger partial charge in [-0.1, -0.05) is 47.6 Å². The molecule has 1 aliphatic heterocycles. The van der Waals surface area contributed by atoms with E-state index in [4.69, 9.17) is 16.3 Å². The minimum atomic E-state index is -0.352. The van der Waals surface area contributed by atoms with Crippen LogP contribution in [0.3, 0.4) is 0 Å². The van der Waals surface area contributed by atoms with Crippen LogP contribution in [-0.2, 0) is 16.0 Å². The zero-order chi connectivity index (χ0) is 19.9. The van der Waals surface area contributed by atoms with Gasteiger partial charge in [0.15, 0.2) is 5.17 Å². The fraction of sp³-hybridized carbons (Fsp3) is 0.200. The van der Waals surface area contributed by atoms with Gasteiger partial charge < -0.3 is 10.1 Å². The normalized spacial score (nSPS) is 17.9. The first-order valence-corrected chi connectivity index (χ1v) is 9.91.